The van der Waals surface area contributed by atoms with Gasteiger partial charge in [0.15, 0.2) is 0 Å². The van der Waals surface area contributed by atoms with E-state index >= 15 is 0 Å². The van der Waals surface area contributed by atoms with Crippen LogP contribution in [0.1, 0.15) is 18.9 Å². The van der Waals surface area contributed by atoms with E-state index in [2.05, 4.69) is 0 Å². The Kier molecular flexibility index (Phi) is 7.03. The molecular formula is C15H19F3N2O. The topological polar surface area (TPSA) is 36.3 Å². The van der Waals surface area contributed by atoms with Crippen LogP contribution in [-0.2, 0) is 6.42 Å². The van der Waals surface area contributed by atoms with Gasteiger partial charge in [-0.15, -0.1) is 0 Å². The van der Waals surface area contributed by atoms with E-state index in [1.165, 1.54) is 4.90 Å². The fourth-order valence-corrected chi connectivity index (χ4v) is 1.93. The van der Waals surface area contributed by atoms with Gasteiger partial charge in [0.1, 0.15) is 12.4 Å². The molecule has 0 spiro atoms. The van der Waals surface area contributed by atoms with Gasteiger partial charge in [0.25, 0.3) is 0 Å². The van der Waals surface area contributed by atoms with Crippen molar-refractivity contribution in [2.45, 2.75) is 25.9 Å². The van der Waals surface area contributed by atoms with E-state index in [0.29, 0.717) is 25.1 Å². The Labute approximate surface area is 122 Å². The van der Waals surface area contributed by atoms with Crippen LogP contribution in [0.25, 0.3) is 0 Å². The van der Waals surface area contributed by atoms with Crippen LogP contribution in [0, 0.1) is 11.3 Å². The highest BCUT2D eigenvalue weighted by Gasteiger charge is 2.30. The number of nitriles is 1. The molecule has 1 rings (SSSR count). The normalized spacial score (nSPS) is 11.4. The van der Waals surface area contributed by atoms with Gasteiger partial charge in [-0.2, -0.15) is 18.4 Å². The van der Waals surface area contributed by atoms with Crippen LogP contribution in [0.5, 0.6) is 5.75 Å². The molecule has 1 aromatic rings. The van der Waals surface area contributed by atoms with Crippen LogP contribution >= 0.6 is 0 Å². The summed E-state index contributed by atoms with van der Waals surface area (Å²) in [6.45, 7) is 1.76. The second-order valence-electron chi connectivity index (χ2n) is 4.72. The average Bonchev–Trinajstić information content (AvgIpc) is 2.39. The Morgan fingerprint density at radius 1 is 1.19 bits per heavy atom. The summed E-state index contributed by atoms with van der Waals surface area (Å²) in [7, 11) is 0. The number of alkyl halides is 3. The Morgan fingerprint density at radius 3 is 2.38 bits per heavy atom. The Balaban J connectivity index is 2.41. The minimum Gasteiger partial charge on any atom is -0.492 e. The van der Waals surface area contributed by atoms with Crippen molar-refractivity contribution in [2.75, 3.05) is 26.2 Å². The SMILES string of the molecule is CCCN(CCOc1ccc(CC#N)cc1)CC(F)(F)F. The molecule has 116 valence electrons. The summed E-state index contributed by atoms with van der Waals surface area (Å²) in [5.41, 5.74) is 0.884. The van der Waals surface area contributed by atoms with Gasteiger partial charge < -0.3 is 4.74 Å². The fourth-order valence-electron chi connectivity index (χ4n) is 1.93. The first-order valence-electron chi connectivity index (χ1n) is 6.82. The first-order valence-corrected chi connectivity index (χ1v) is 6.82. The number of rotatable bonds is 8. The third-order valence-electron chi connectivity index (χ3n) is 2.83. The minimum absolute atomic E-state index is 0.202. The lowest BCUT2D eigenvalue weighted by Crippen LogP contribution is -2.37. The van der Waals surface area contributed by atoms with Gasteiger partial charge in [-0.25, -0.2) is 0 Å². The molecule has 0 saturated carbocycles. The maximum atomic E-state index is 12.4. The molecular weight excluding hydrogens is 281 g/mol. The molecule has 0 saturated heterocycles. The van der Waals surface area contributed by atoms with Crippen molar-refractivity contribution >= 4 is 0 Å². The molecule has 0 fully saturated rings. The van der Waals surface area contributed by atoms with Gasteiger partial charge in [-0.1, -0.05) is 19.1 Å². The Bertz CT molecular complexity index is 451. The molecule has 1 aromatic carbocycles. The fraction of sp³-hybridized carbons (Fsp3) is 0.533. The molecule has 3 nitrogen and oxygen atoms in total. The predicted molar refractivity (Wildman–Crippen MR) is 74.0 cm³/mol. The van der Waals surface area contributed by atoms with Crippen LogP contribution < -0.4 is 4.74 Å². The van der Waals surface area contributed by atoms with Crippen molar-refractivity contribution in [2.24, 2.45) is 0 Å². The summed E-state index contributed by atoms with van der Waals surface area (Å²) in [5, 5.41) is 8.56. The number of benzene rings is 1. The summed E-state index contributed by atoms with van der Waals surface area (Å²) >= 11 is 0. The Morgan fingerprint density at radius 2 is 1.86 bits per heavy atom. The number of hydrogen-bond acceptors (Lipinski definition) is 3. The van der Waals surface area contributed by atoms with E-state index in [-0.39, 0.29) is 13.2 Å². The number of halogens is 3. The van der Waals surface area contributed by atoms with Crippen molar-refractivity contribution in [3.63, 3.8) is 0 Å². The van der Waals surface area contributed by atoms with Gasteiger partial charge in [0.05, 0.1) is 19.0 Å². The second-order valence-corrected chi connectivity index (χ2v) is 4.72. The van der Waals surface area contributed by atoms with E-state index in [9.17, 15) is 13.2 Å². The zero-order chi connectivity index (χ0) is 15.7. The van der Waals surface area contributed by atoms with Crippen molar-refractivity contribution < 1.29 is 17.9 Å². The van der Waals surface area contributed by atoms with Gasteiger partial charge in [-0.05, 0) is 30.7 Å². The van der Waals surface area contributed by atoms with Crippen LogP contribution in [0.4, 0.5) is 13.2 Å². The summed E-state index contributed by atoms with van der Waals surface area (Å²) < 4.78 is 42.6. The zero-order valence-electron chi connectivity index (χ0n) is 12.0. The maximum Gasteiger partial charge on any atom is 0.401 e. The zero-order valence-corrected chi connectivity index (χ0v) is 12.0. The van der Waals surface area contributed by atoms with E-state index in [0.717, 1.165) is 5.56 Å². The summed E-state index contributed by atoms with van der Waals surface area (Å²) in [6, 6.07) is 9.04. The molecule has 6 heteroatoms. The predicted octanol–water partition coefficient (Wildman–Crippen LogP) is 3.41. The highest BCUT2D eigenvalue weighted by Crippen LogP contribution is 2.17. The molecule has 0 aliphatic rings. The minimum atomic E-state index is -4.19. The molecule has 0 amide bonds. The molecule has 0 unspecified atom stereocenters. The number of hydrogen-bond donors (Lipinski definition) is 0. The molecule has 21 heavy (non-hydrogen) atoms. The monoisotopic (exact) mass is 300 g/mol. The van der Waals surface area contributed by atoms with Crippen LogP contribution in [0.2, 0.25) is 0 Å². The molecule has 0 aliphatic carbocycles. The summed E-state index contributed by atoms with van der Waals surface area (Å²) in [4.78, 5) is 1.34. The first kappa shape index (κ1) is 17.3. The molecule has 0 radical (unpaired) electrons. The third kappa shape index (κ3) is 7.57. The van der Waals surface area contributed by atoms with Gasteiger partial charge in [-0.3, -0.25) is 4.90 Å². The lowest BCUT2D eigenvalue weighted by Gasteiger charge is -2.22. The van der Waals surface area contributed by atoms with E-state index in [1.54, 1.807) is 24.3 Å². The summed E-state index contributed by atoms with van der Waals surface area (Å²) in [6.07, 6.45) is -3.19. The molecule has 0 bridgehead atoms. The van der Waals surface area contributed by atoms with Crippen molar-refractivity contribution in [3.05, 3.63) is 29.8 Å². The largest absolute Gasteiger partial charge is 0.492 e. The van der Waals surface area contributed by atoms with Crippen molar-refractivity contribution in [1.82, 2.24) is 4.90 Å². The van der Waals surface area contributed by atoms with Gasteiger partial charge >= 0.3 is 6.18 Å². The highest BCUT2D eigenvalue weighted by atomic mass is 19.4. The van der Waals surface area contributed by atoms with E-state index < -0.39 is 12.7 Å². The lowest BCUT2D eigenvalue weighted by atomic mass is 10.2. The van der Waals surface area contributed by atoms with Crippen LogP contribution in [-0.4, -0.2) is 37.3 Å². The van der Waals surface area contributed by atoms with Crippen LogP contribution in [0.3, 0.4) is 0 Å². The standard InChI is InChI=1S/C15H19F3N2O/c1-2-9-20(12-15(16,17)18)10-11-21-14-5-3-13(4-6-14)7-8-19/h3-6H,2,7,9-12H2,1H3. The van der Waals surface area contributed by atoms with Crippen LogP contribution in [0.15, 0.2) is 24.3 Å². The van der Waals surface area contributed by atoms with Crippen molar-refractivity contribution in [1.29, 1.82) is 5.26 Å². The molecule has 0 atom stereocenters. The van der Waals surface area contributed by atoms with E-state index in [4.69, 9.17) is 10.00 Å². The number of ether oxygens (including phenoxy) is 1. The second kappa shape index (κ2) is 8.53. The number of nitrogens with zero attached hydrogens (tertiary/aromatic N) is 2. The third-order valence-corrected chi connectivity index (χ3v) is 2.83. The average molecular weight is 300 g/mol. The first-order chi connectivity index (χ1) is 9.94. The smallest absolute Gasteiger partial charge is 0.401 e. The van der Waals surface area contributed by atoms with Crippen molar-refractivity contribution in [3.8, 4) is 11.8 Å². The molecule has 0 aliphatic heterocycles. The molecule has 0 heterocycles. The molecule has 0 aromatic heterocycles. The van der Waals surface area contributed by atoms with Gasteiger partial charge in [0, 0.05) is 6.54 Å². The quantitative estimate of drug-likeness (QED) is 0.738. The maximum absolute atomic E-state index is 12.4. The lowest BCUT2D eigenvalue weighted by molar-refractivity contribution is -0.146. The highest BCUT2D eigenvalue weighted by molar-refractivity contribution is 5.28. The summed E-state index contributed by atoms with van der Waals surface area (Å²) in [5.74, 6) is 0.597. The van der Waals surface area contributed by atoms with E-state index in [1.807, 2.05) is 13.0 Å². The Hall–Kier alpha value is -1.74. The molecule has 0 N–H and O–H groups in total. The van der Waals surface area contributed by atoms with Gasteiger partial charge in [0.2, 0.25) is 0 Å².